The number of rotatable bonds is 4. The third-order valence-electron chi connectivity index (χ3n) is 3.11. The molecule has 4 nitrogen and oxygen atoms in total. The largest absolute Gasteiger partial charge is 0.386 e. The fourth-order valence-corrected chi connectivity index (χ4v) is 2.16. The number of aliphatic hydroxyl groups is 1. The Morgan fingerprint density at radius 3 is 2.67 bits per heavy atom. The first-order chi connectivity index (χ1) is 8.57. The van der Waals surface area contributed by atoms with Crippen LogP contribution in [-0.2, 0) is 6.42 Å². The highest BCUT2D eigenvalue weighted by atomic mass is 16.3. The highest BCUT2D eigenvalue weighted by molar-refractivity contribution is 5.75. The number of nitrogens with zero attached hydrogens (tertiary/aromatic N) is 1. The van der Waals surface area contributed by atoms with Crippen LogP contribution in [0.2, 0.25) is 0 Å². The van der Waals surface area contributed by atoms with Crippen molar-refractivity contribution in [2.45, 2.75) is 25.4 Å². The van der Waals surface area contributed by atoms with E-state index >= 15 is 0 Å². The monoisotopic (exact) mass is 248 g/mol. The van der Waals surface area contributed by atoms with E-state index in [1.54, 1.807) is 11.8 Å². The molecule has 1 aromatic carbocycles. The van der Waals surface area contributed by atoms with Gasteiger partial charge in [-0.2, -0.15) is 0 Å². The molecule has 18 heavy (non-hydrogen) atoms. The highest BCUT2D eigenvalue weighted by Gasteiger charge is 2.39. The summed E-state index contributed by atoms with van der Waals surface area (Å²) < 4.78 is 0. The smallest absolute Gasteiger partial charge is 0.317 e. The van der Waals surface area contributed by atoms with E-state index in [1.165, 1.54) is 5.56 Å². The molecule has 0 aromatic heterocycles. The molecule has 1 aliphatic rings. The third kappa shape index (κ3) is 3.47. The van der Waals surface area contributed by atoms with Gasteiger partial charge in [0.15, 0.2) is 0 Å². The molecule has 0 saturated carbocycles. The minimum absolute atomic E-state index is 0.0745. The van der Waals surface area contributed by atoms with Crippen molar-refractivity contribution in [1.82, 2.24) is 10.2 Å². The van der Waals surface area contributed by atoms with Crippen molar-refractivity contribution in [3.63, 3.8) is 0 Å². The third-order valence-corrected chi connectivity index (χ3v) is 3.11. The SMILES string of the molecule is CC1(O)CN(C(=O)NCCCc2ccccc2)C1. The minimum Gasteiger partial charge on any atom is -0.386 e. The van der Waals surface area contributed by atoms with Crippen LogP contribution in [-0.4, -0.2) is 41.3 Å². The molecule has 0 bridgehead atoms. The summed E-state index contributed by atoms with van der Waals surface area (Å²) in [4.78, 5) is 13.3. The predicted octanol–water partition coefficient (Wildman–Crippen LogP) is 1.40. The van der Waals surface area contributed by atoms with Crippen molar-refractivity contribution in [3.05, 3.63) is 35.9 Å². The summed E-state index contributed by atoms with van der Waals surface area (Å²) in [5, 5.41) is 12.4. The highest BCUT2D eigenvalue weighted by Crippen LogP contribution is 2.19. The van der Waals surface area contributed by atoms with Crippen LogP contribution in [0.15, 0.2) is 30.3 Å². The average molecular weight is 248 g/mol. The van der Waals surface area contributed by atoms with Gasteiger partial charge in [0.2, 0.25) is 0 Å². The number of aryl methyl sites for hydroxylation is 1. The standard InChI is InChI=1S/C14H20N2O2/c1-14(18)10-16(11-14)13(17)15-9-5-8-12-6-3-2-4-7-12/h2-4,6-7,18H,5,8-11H2,1H3,(H,15,17). The Kier molecular flexibility index (Phi) is 3.87. The maximum absolute atomic E-state index is 11.6. The second-order valence-electron chi connectivity index (χ2n) is 5.17. The number of carbonyl (C=O) groups is 1. The zero-order valence-electron chi connectivity index (χ0n) is 10.7. The molecule has 2 rings (SSSR count). The van der Waals surface area contributed by atoms with Gasteiger partial charge < -0.3 is 15.3 Å². The van der Waals surface area contributed by atoms with Gasteiger partial charge in [-0.25, -0.2) is 4.79 Å². The van der Waals surface area contributed by atoms with Crippen molar-refractivity contribution in [3.8, 4) is 0 Å². The molecular formula is C14H20N2O2. The van der Waals surface area contributed by atoms with Gasteiger partial charge in [0.25, 0.3) is 0 Å². The molecule has 1 aromatic rings. The lowest BCUT2D eigenvalue weighted by Crippen LogP contribution is -2.63. The molecule has 1 fully saturated rings. The Morgan fingerprint density at radius 1 is 1.39 bits per heavy atom. The maximum atomic E-state index is 11.6. The first-order valence-corrected chi connectivity index (χ1v) is 6.36. The van der Waals surface area contributed by atoms with E-state index in [9.17, 15) is 9.90 Å². The molecule has 0 atom stereocenters. The van der Waals surface area contributed by atoms with Gasteiger partial charge in [0, 0.05) is 6.54 Å². The van der Waals surface area contributed by atoms with Crippen molar-refractivity contribution in [2.75, 3.05) is 19.6 Å². The van der Waals surface area contributed by atoms with Crippen molar-refractivity contribution in [1.29, 1.82) is 0 Å². The molecule has 1 aliphatic heterocycles. The lowest BCUT2D eigenvalue weighted by atomic mass is 9.98. The molecule has 0 radical (unpaired) electrons. The number of β-amino-alcohol motifs (C(OH)–C–C–N with tert-alkyl or cyclic N) is 1. The average Bonchev–Trinajstić information content (AvgIpc) is 2.32. The molecule has 1 heterocycles. The lowest BCUT2D eigenvalue weighted by molar-refractivity contribution is -0.0606. The summed E-state index contributed by atoms with van der Waals surface area (Å²) in [5.74, 6) is 0. The Balaban J connectivity index is 1.60. The number of hydrogen-bond donors (Lipinski definition) is 2. The fraction of sp³-hybridized carbons (Fsp3) is 0.500. The zero-order valence-corrected chi connectivity index (χ0v) is 10.7. The van der Waals surface area contributed by atoms with E-state index in [2.05, 4.69) is 17.4 Å². The quantitative estimate of drug-likeness (QED) is 0.791. The first-order valence-electron chi connectivity index (χ1n) is 6.36. The first kappa shape index (κ1) is 12.9. The number of carbonyl (C=O) groups excluding carboxylic acids is 1. The van der Waals surface area contributed by atoms with Crippen molar-refractivity contribution < 1.29 is 9.90 Å². The summed E-state index contributed by atoms with van der Waals surface area (Å²) in [6, 6.07) is 10.2. The lowest BCUT2D eigenvalue weighted by Gasteiger charge is -2.43. The zero-order chi connectivity index (χ0) is 13.0. The second kappa shape index (κ2) is 5.40. The van der Waals surface area contributed by atoms with E-state index in [-0.39, 0.29) is 6.03 Å². The summed E-state index contributed by atoms with van der Waals surface area (Å²) >= 11 is 0. The number of benzene rings is 1. The summed E-state index contributed by atoms with van der Waals surface area (Å²) in [6.07, 6.45) is 1.90. The van der Waals surface area contributed by atoms with Crippen LogP contribution in [0.4, 0.5) is 4.79 Å². The number of hydrogen-bond acceptors (Lipinski definition) is 2. The van der Waals surface area contributed by atoms with Crippen molar-refractivity contribution in [2.24, 2.45) is 0 Å². The molecular weight excluding hydrogens is 228 g/mol. The molecule has 0 spiro atoms. The molecule has 1 saturated heterocycles. The minimum atomic E-state index is -0.693. The summed E-state index contributed by atoms with van der Waals surface area (Å²) in [5.41, 5.74) is 0.597. The molecule has 98 valence electrons. The molecule has 0 unspecified atom stereocenters. The topological polar surface area (TPSA) is 52.6 Å². The Bertz CT molecular complexity index is 396. The van der Waals surface area contributed by atoms with Gasteiger partial charge in [-0.1, -0.05) is 30.3 Å². The van der Waals surface area contributed by atoms with E-state index in [1.807, 2.05) is 18.2 Å². The number of likely N-dealkylation sites (tertiary alicyclic amines) is 1. The summed E-state index contributed by atoms with van der Waals surface area (Å²) in [7, 11) is 0. The predicted molar refractivity (Wildman–Crippen MR) is 70.4 cm³/mol. The normalized spacial score (nSPS) is 17.1. The molecule has 2 amide bonds. The van der Waals surface area contributed by atoms with Crippen molar-refractivity contribution >= 4 is 6.03 Å². The maximum Gasteiger partial charge on any atom is 0.317 e. The number of urea groups is 1. The van der Waals surface area contributed by atoms with E-state index in [0.29, 0.717) is 19.6 Å². The van der Waals surface area contributed by atoms with Gasteiger partial charge in [-0.3, -0.25) is 0 Å². The van der Waals surface area contributed by atoms with Crippen LogP contribution in [0.1, 0.15) is 18.9 Å². The number of nitrogens with one attached hydrogen (secondary N) is 1. The van der Waals surface area contributed by atoms with Gasteiger partial charge >= 0.3 is 6.03 Å². The second-order valence-corrected chi connectivity index (χ2v) is 5.17. The Labute approximate surface area is 108 Å². The van der Waals surface area contributed by atoms with Crippen LogP contribution in [0, 0.1) is 0 Å². The van der Waals surface area contributed by atoms with Gasteiger partial charge in [-0.15, -0.1) is 0 Å². The molecule has 0 aliphatic carbocycles. The van der Waals surface area contributed by atoms with Crippen LogP contribution < -0.4 is 5.32 Å². The van der Waals surface area contributed by atoms with Crippen LogP contribution in [0.3, 0.4) is 0 Å². The summed E-state index contributed by atoms with van der Waals surface area (Å²) in [6.45, 7) is 3.27. The molecule has 2 N–H and O–H groups in total. The molecule has 4 heteroatoms. The number of amides is 2. The van der Waals surface area contributed by atoms with Crippen LogP contribution >= 0.6 is 0 Å². The Hall–Kier alpha value is -1.55. The van der Waals surface area contributed by atoms with Gasteiger partial charge in [0.05, 0.1) is 18.7 Å². The van der Waals surface area contributed by atoms with E-state index in [4.69, 9.17) is 0 Å². The fourth-order valence-electron chi connectivity index (χ4n) is 2.16. The van der Waals surface area contributed by atoms with E-state index in [0.717, 1.165) is 12.8 Å². The van der Waals surface area contributed by atoms with Crippen LogP contribution in [0.25, 0.3) is 0 Å². The Morgan fingerprint density at radius 2 is 2.06 bits per heavy atom. The van der Waals surface area contributed by atoms with Gasteiger partial charge in [0.1, 0.15) is 0 Å². The van der Waals surface area contributed by atoms with Crippen LogP contribution in [0.5, 0.6) is 0 Å². The van der Waals surface area contributed by atoms with E-state index < -0.39 is 5.60 Å². The van der Waals surface area contributed by atoms with Gasteiger partial charge in [-0.05, 0) is 25.3 Å².